The lowest BCUT2D eigenvalue weighted by molar-refractivity contribution is 0.970. The summed E-state index contributed by atoms with van der Waals surface area (Å²) in [4.78, 5) is 12.8. The molecular formula is C11H11N3S. The third kappa shape index (κ3) is 2.33. The van der Waals surface area contributed by atoms with Crippen molar-refractivity contribution in [2.24, 2.45) is 0 Å². The van der Waals surface area contributed by atoms with Crippen LogP contribution in [-0.4, -0.2) is 21.2 Å². The monoisotopic (exact) mass is 217 g/mol. The first kappa shape index (κ1) is 10.1. The summed E-state index contributed by atoms with van der Waals surface area (Å²) < 4.78 is 0. The van der Waals surface area contributed by atoms with Gasteiger partial charge >= 0.3 is 0 Å². The maximum Gasteiger partial charge on any atom is 0.187 e. The van der Waals surface area contributed by atoms with Gasteiger partial charge in [-0.2, -0.15) is 0 Å². The highest BCUT2D eigenvalue weighted by atomic mass is 32.2. The van der Waals surface area contributed by atoms with Crippen LogP contribution in [0.1, 0.15) is 5.69 Å². The Bertz CT molecular complexity index is 454. The zero-order chi connectivity index (χ0) is 10.7. The summed E-state index contributed by atoms with van der Waals surface area (Å²) >= 11 is 1.53. The van der Waals surface area contributed by atoms with E-state index in [4.69, 9.17) is 0 Å². The normalized spacial score (nSPS) is 10.3. The van der Waals surface area contributed by atoms with E-state index in [-0.39, 0.29) is 0 Å². The molecule has 3 nitrogen and oxygen atoms in total. The van der Waals surface area contributed by atoms with Crippen molar-refractivity contribution in [3.8, 4) is 11.3 Å². The smallest absolute Gasteiger partial charge is 0.187 e. The van der Waals surface area contributed by atoms with Crippen LogP contribution in [0.15, 0.2) is 35.7 Å². The molecule has 2 aromatic rings. The van der Waals surface area contributed by atoms with E-state index in [1.54, 1.807) is 12.4 Å². The van der Waals surface area contributed by atoms with Gasteiger partial charge in [0, 0.05) is 23.7 Å². The minimum absolute atomic E-state index is 0.784. The molecule has 0 amide bonds. The average Bonchev–Trinajstić information content (AvgIpc) is 2.29. The summed E-state index contributed by atoms with van der Waals surface area (Å²) in [6.45, 7) is 1.97. The molecule has 2 heterocycles. The minimum Gasteiger partial charge on any atom is -0.253 e. The maximum atomic E-state index is 4.41. The van der Waals surface area contributed by atoms with Gasteiger partial charge in [-0.1, -0.05) is 17.8 Å². The standard InChI is InChI=1S/C11H11N3S/c1-8-4-3-5-10(14-8)9-6-12-11(15-2)13-7-9/h3-7H,1-2H3. The molecule has 0 atom stereocenters. The second kappa shape index (κ2) is 4.40. The molecule has 0 saturated heterocycles. The lowest BCUT2D eigenvalue weighted by Gasteiger charge is -2.01. The predicted molar refractivity (Wildman–Crippen MR) is 61.8 cm³/mol. The molecule has 76 valence electrons. The molecule has 15 heavy (non-hydrogen) atoms. The first-order valence-corrected chi connectivity index (χ1v) is 5.82. The molecule has 0 radical (unpaired) electrons. The molecule has 2 aromatic heterocycles. The number of thioether (sulfide) groups is 1. The number of rotatable bonds is 2. The lowest BCUT2D eigenvalue weighted by atomic mass is 10.2. The van der Waals surface area contributed by atoms with Crippen molar-refractivity contribution in [3.05, 3.63) is 36.3 Å². The minimum atomic E-state index is 0.784. The lowest BCUT2D eigenvalue weighted by Crippen LogP contribution is -1.90. The molecule has 0 spiro atoms. The van der Waals surface area contributed by atoms with E-state index in [0.717, 1.165) is 22.1 Å². The number of nitrogens with zero attached hydrogens (tertiary/aromatic N) is 3. The van der Waals surface area contributed by atoms with Crippen molar-refractivity contribution < 1.29 is 0 Å². The largest absolute Gasteiger partial charge is 0.253 e. The summed E-state index contributed by atoms with van der Waals surface area (Å²) in [6, 6.07) is 5.92. The van der Waals surface area contributed by atoms with Gasteiger partial charge in [0.25, 0.3) is 0 Å². The zero-order valence-corrected chi connectivity index (χ0v) is 9.45. The first-order valence-electron chi connectivity index (χ1n) is 4.59. The Balaban J connectivity index is 2.37. The van der Waals surface area contributed by atoms with Crippen molar-refractivity contribution >= 4 is 11.8 Å². The topological polar surface area (TPSA) is 38.7 Å². The fraction of sp³-hybridized carbons (Fsp3) is 0.182. The second-order valence-corrected chi connectivity index (χ2v) is 3.90. The van der Waals surface area contributed by atoms with Crippen molar-refractivity contribution in [3.63, 3.8) is 0 Å². The summed E-state index contributed by atoms with van der Waals surface area (Å²) in [7, 11) is 0. The molecule has 0 N–H and O–H groups in total. The van der Waals surface area contributed by atoms with Crippen molar-refractivity contribution in [2.75, 3.05) is 6.26 Å². The summed E-state index contributed by atoms with van der Waals surface area (Å²) in [6.07, 6.45) is 5.57. The fourth-order valence-electron chi connectivity index (χ4n) is 1.26. The third-order valence-electron chi connectivity index (χ3n) is 1.99. The molecule has 0 unspecified atom stereocenters. The maximum absolute atomic E-state index is 4.41. The molecule has 2 rings (SSSR count). The number of hydrogen-bond acceptors (Lipinski definition) is 4. The van der Waals surface area contributed by atoms with Gasteiger partial charge in [0.2, 0.25) is 0 Å². The van der Waals surface area contributed by atoms with Crippen LogP contribution in [0, 0.1) is 6.92 Å². The van der Waals surface area contributed by atoms with Crippen LogP contribution >= 0.6 is 11.8 Å². The first-order chi connectivity index (χ1) is 7.29. The highest BCUT2D eigenvalue weighted by Crippen LogP contribution is 2.16. The SMILES string of the molecule is CSc1ncc(-c2cccc(C)n2)cn1. The van der Waals surface area contributed by atoms with Gasteiger partial charge < -0.3 is 0 Å². The van der Waals surface area contributed by atoms with Gasteiger partial charge in [0.05, 0.1) is 5.69 Å². The van der Waals surface area contributed by atoms with Gasteiger partial charge in [0.1, 0.15) is 0 Å². The van der Waals surface area contributed by atoms with Crippen LogP contribution in [0.2, 0.25) is 0 Å². The van der Waals surface area contributed by atoms with Crippen molar-refractivity contribution in [1.29, 1.82) is 0 Å². The van der Waals surface area contributed by atoms with Crippen molar-refractivity contribution in [1.82, 2.24) is 15.0 Å². The third-order valence-corrected chi connectivity index (χ3v) is 2.57. The van der Waals surface area contributed by atoms with Crippen LogP contribution in [0.3, 0.4) is 0 Å². The van der Waals surface area contributed by atoms with Crippen molar-refractivity contribution in [2.45, 2.75) is 12.1 Å². The van der Waals surface area contributed by atoms with Gasteiger partial charge in [-0.05, 0) is 25.3 Å². The van der Waals surface area contributed by atoms with E-state index in [9.17, 15) is 0 Å². The van der Waals surface area contributed by atoms with E-state index < -0.39 is 0 Å². The van der Waals surface area contributed by atoms with Crippen LogP contribution in [0.5, 0.6) is 0 Å². The second-order valence-electron chi connectivity index (χ2n) is 3.12. The molecular weight excluding hydrogens is 206 g/mol. The number of aromatic nitrogens is 3. The summed E-state index contributed by atoms with van der Waals surface area (Å²) in [5.41, 5.74) is 2.88. The van der Waals surface area contributed by atoms with E-state index in [1.807, 2.05) is 31.4 Å². The highest BCUT2D eigenvalue weighted by molar-refractivity contribution is 7.98. The van der Waals surface area contributed by atoms with Crippen LogP contribution in [-0.2, 0) is 0 Å². The quantitative estimate of drug-likeness (QED) is 0.572. The van der Waals surface area contributed by atoms with E-state index in [2.05, 4.69) is 15.0 Å². The van der Waals surface area contributed by atoms with E-state index in [1.165, 1.54) is 11.8 Å². The molecule has 0 aliphatic rings. The van der Waals surface area contributed by atoms with Crippen LogP contribution < -0.4 is 0 Å². The summed E-state index contributed by atoms with van der Waals surface area (Å²) in [5.74, 6) is 0. The number of aryl methyl sites for hydroxylation is 1. The van der Waals surface area contributed by atoms with Crippen LogP contribution in [0.25, 0.3) is 11.3 Å². The Labute approximate surface area is 93.0 Å². The fourth-order valence-corrected chi connectivity index (χ4v) is 1.57. The molecule has 0 aliphatic heterocycles. The molecule has 0 bridgehead atoms. The Morgan fingerprint density at radius 1 is 1.13 bits per heavy atom. The van der Waals surface area contributed by atoms with E-state index in [0.29, 0.717) is 0 Å². The van der Waals surface area contributed by atoms with Gasteiger partial charge in [-0.3, -0.25) is 4.98 Å². The Hall–Kier alpha value is -1.42. The molecule has 0 aliphatic carbocycles. The molecule has 0 aromatic carbocycles. The Morgan fingerprint density at radius 2 is 1.87 bits per heavy atom. The zero-order valence-electron chi connectivity index (χ0n) is 8.64. The van der Waals surface area contributed by atoms with Gasteiger partial charge in [-0.25, -0.2) is 9.97 Å². The number of hydrogen-bond donors (Lipinski definition) is 0. The molecule has 0 saturated carbocycles. The Morgan fingerprint density at radius 3 is 2.47 bits per heavy atom. The number of pyridine rings is 1. The molecule has 4 heteroatoms. The summed E-state index contributed by atoms with van der Waals surface area (Å²) in [5, 5.41) is 0.784. The molecule has 0 fully saturated rings. The van der Waals surface area contributed by atoms with Gasteiger partial charge in [-0.15, -0.1) is 0 Å². The predicted octanol–water partition coefficient (Wildman–Crippen LogP) is 2.57. The van der Waals surface area contributed by atoms with Gasteiger partial charge in [0.15, 0.2) is 5.16 Å². The van der Waals surface area contributed by atoms with Crippen LogP contribution in [0.4, 0.5) is 0 Å². The average molecular weight is 217 g/mol. The Kier molecular flexibility index (Phi) is 2.97. The van der Waals surface area contributed by atoms with E-state index >= 15 is 0 Å². The highest BCUT2D eigenvalue weighted by Gasteiger charge is 2.00.